The largest absolute Gasteiger partial charge is 0.416 e. The number of amides is 1. The van der Waals surface area contributed by atoms with E-state index in [4.69, 9.17) is 4.74 Å². The molecule has 0 atom stereocenters. The number of halogens is 3. The lowest BCUT2D eigenvalue weighted by molar-refractivity contribution is -0.137. The Kier molecular flexibility index (Phi) is 4.35. The molecule has 4 rings (SSSR count). The number of morpholine rings is 1. The maximum absolute atomic E-state index is 13.1. The van der Waals surface area contributed by atoms with E-state index in [0.29, 0.717) is 42.9 Å². The van der Waals surface area contributed by atoms with Gasteiger partial charge in [0.1, 0.15) is 5.69 Å². The molecule has 1 amide bonds. The van der Waals surface area contributed by atoms with Crippen LogP contribution in [-0.4, -0.2) is 46.7 Å². The highest BCUT2D eigenvalue weighted by Gasteiger charge is 2.30. The number of hydrogen-bond acceptors (Lipinski definition) is 3. The molecule has 8 heteroatoms. The molecular formula is C19H16F3N3O2. The molecule has 0 N–H and O–H groups in total. The molecule has 140 valence electrons. The number of alkyl halides is 3. The molecule has 0 saturated carbocycles. The molecule has 0 spiro atoms. The van der Waals surface area contributed by atoms with Crippen molar-refractivity contribution in [2.45, 2.75) is 6.18 Å². The number of rotatable bonds is 2. The Hall–Kier alpha value is -2.87. The molecule has 0 aliphatic carbocycles. The Morgan fingerprint density at radius 2 is 1.85 bits per heavy atom. The second kappa shape index (κ2) is 6.70. The second-order valence-electron chi connectivity index (χ2n) is 6.26. The lowest BCUT2D eigenvalue weighted by Crippen LogP contribution is -2.41. The number of carbonyl (C=O) groups excluding carboxylic acids is 1. The summed E-state index contributed by atoms with van der Waals surface area (Å²) in [6.07, 6.45) is -2.77. The third-order valence-electron chi connectivity index (χ3n) is 4.52. The standard InChI is InChI=1S/C19H16F3N3O2/c20-19(21,22)14-4-1-3-13(11-14)15-12-16(23-25-6-2-5-17(15)25)18(26)24-7-9-27-10-8-24/h1-6,11-12H,7-10H2. The highest BCUT2D eigenvalue weighted by Crippen LogP contribution is 2.33. The van der Waals surface area contributed by atoms with Gasteiger partial charge in [-0.3, -0.25) is 4.79 Å². The van der Waals surface area contributed by atoms with Crippen LogP contribution in [0.1, 0.15) is 16.1 Å². The van der Waals surface area contributed by atoms with Gasteiger partial charge in [-0.05, 0) is 35.9 Å². The summed E-state index contributed by atoms with van der Waals surface area (Å²) in [6.45, 7) is 1.84. The van der Waals surface area contributed by atoms with Crippen LogP contribution in [0.4, 0.5) is 13.2 Å². The highest BCUT2D eigenvalue weighted by atomic mass is 19.4. The first kappa shape index (κ1) is 17.5. The van der Waals surface area contributed by atoms with E-state index >= 15 is 0 Å². The van der Waals surface area contributed by atoms with E-state index in [1.807, 2.05) is 0 Å². The molecule has 1 saturated heterocycles. The zero-order chi connectivity index (χ0) is 19.0. The summed E-state index contributed by atoms with van der Waals surface area (Å²) in [7, 11) is 0. The number of ether oxygens (including phenoxy) is 1. The van der Waals surface area contributed by atoms with Crippen LogP contribution in [0.25, 0.3) is 16.6 Å². The van der Waals surface area contributed by atoms with Crippen LogP contribution in [0.3, 0.4) is 0 Å². The molecule has 1 aromatic carbocycles. The number of carbonyl (C=O) groups is 1. The molecule has 2 aromatic heterocycles. The number of aromatic nitrogens is 2. The van der Waals surface area contributed by atoms with Gasteiger partial charge in [-0.2, -0.15) is 18.3 Å². The van der Waals surface area contributed by atoms with Crippen LogP contribution in [-0.2, 0) is 10.9 Å². The van der Waals surface area contributed by atoms with Gasteiger partial charge in [0.15, 0.2) is 0 Å². The fourth-order valence-corrected chi connectivity index (χ4v) is 3.16. The minimum Gasteiger partial charge on any atom is -0.378 e. The molecular weight excluding hydrogens is 359 g/mol. The quantitative estimate of drug-likeness (QED) is 0.689. The van der Waals surface area contributed by atoms with E-state index in [1.165, 1.54) is 10.6 Å². The first-order valence-corrected chi connectivity index (χ1v) is 8.46. The number of nitrogens with zero attached hydrogens (tertiary/aromatic N) is 3. The van der Waals surface area contributed by atoms with Crippen molar-refractivity contribution >= 4 is 11.4 Å². The topological polar surface area (TPSA) is 46.8 Å². The lowest BCUT2D eigenvalue weighted by atomic mass is 10.0. The van der Waals surface area contributed by atoms with Crippen molar-refractivity contribution in [1.82, 2.24) is 14.5 Å². The normalized spacial score (nSPS) is 15.3. The predicted octanol–water partition coefficient (Wildman–Crippen LogP) is 3.49. The average molecular weight is 375 g/mol. The fourth-order valence-electron chi connectivity index (χ4n) is 3.16. The van der Waals surface area contributed by atoms with E-state index in [0.717, 1.165) is 12.1 Å². The van der Waals surface area contributed by atoms with Gasteiger partial charge in [0, 0.05) is 24.8 Å². The lowest BCUT2D eigenvalue weighted by Gasteiger charge is -2.26. The minimum atomic E-state index is -4.44. The van der Waals surface area contributed by atoms with E-state index in [2.05, 4.69) is 5.10 Å². The van der Waals surface area contributed by atoms with Gasteiger partial charge in [0.25, 0.3) is 5.91 Å². The Morgan fingerprint density at radius 1 is 1.07 bits per heavy atom. The van der Waals surface area contributed by atoms with Crippen molar-refractivity contribution < 1.29 is 22.7 Å². The second-order valence-corrected chi connectivity index (χ2v) is 6.26. The summed E-state index contributed by atoms with van der Waals surface area (Å²) in [4.78, 5) is 14.4. The first-order valence-electron chi connectivity index (χ1n) is 8.46. The summed E-state index contributed by atoms with van der Waals surface area (Å²) in [6, 6.07) is 10.1. The van der Waals surface area contributed by atoms with Crippen molar-refractivity contribution in [3.8, 4) is 11.1 Å². The number of fused-ring (bicyclic) bond motifs is 1. The van der Waals surface area contributed by atoms with E-state index < -0.39 is 11.7 Å². The van der Waals surface area contributed by atoms with E-state index in [9.17, 15) is 18.0 Å². The summed E-state index contributed by atoms with van der Waals surface area (Å²) in [5, 5.41) is 4.33. The maximum atomic E-state index is 13.1. The van der Waals surface area contributed by atoms with Crippen LogP contribution in [0.15, 0.2) is 48.7 Å². The van der Waals surface area contributed by atoms with Gasteiger partial charge in [0.05, 0.1) is 24.3 Å². The van der Waals surface area contributed by atoms with Crippen molar-refractivity contribution in [3.05, 3.63) is 59.9 Å². The molecule has 0 unspecified atom stereocenters. The van der Waals surface area contributed by atoms with Gasteiger partial charge in [0.2, 0.25) is 0 Å². The van der Waals surface area contributed by atoms with E-state index in [1.54, 1.807) is 35.4 Å². The molecule has 0 radical (unpaired) electrons. The molecule has 0 bridgehead atoms. The fraction of sp³-hybridized carbons (Fsp3) is 0.263. The summed E-state index contributed by atoms with van der Waals surface area (Å²) in [5.74, 6) is -0.262. The minimum absolute atomic E-state index is 0.188. The van der Waals surface area contributed by atoms with Crippen LogP contribution >= 0.6 is 0 Å². The van der Waals surface area contributed by atoms with Gasteiger partial charge >= 0.3 is 6.18 Å². The first-order chi connectivity index (χ1) is 12.9. The molecule has 3 heterocycles. The zero-order valence-corrected chi connectivity index (χ0v) is 14.2. The Bertz CT molecular complexity index is 991. The molecule has 3 aromatic rings. The molecule has 1 fully saturated rings. The van der Waals surface area contributed by atoms with Crippen molar-refractivity contribution in [1.29, 1.82) is 0 Å². The van der Waals surface area contributed by atoms with Crippen LogP contribution < -0.4 is 0 Å². The molecule has 1 aliphatic rings. The van der Waals surface area contributed by atoms with Gasteiger partial charge in [-0.15, -0.1) is 0 Å². The summed E-state index contributed by atoms with van der Waals surface area (Å²) >= 11 is 0. The molecule has 1 aliphatic heterocycles. The Balaban J connectivity index is 1.81. The highest BCUT2D eigenvalue weighted by molar-refractivity contribution is 5.95. The third-order valence-corrected chi connectivity index (χ3v) is 4.52. The monoisotopic (exact) mass is 375 g/mol. The molecule has 5 nitrogen and oxygen atoms in total. The van der Waals surface area contributed by atoms with Gasteiger partial charge in [-0.1, -0.05) is 12.1 Å². The maximum Gasteiger partial charge on any atom is 0.416 e. The number of benzene rings is 1. The van der Waals surface area contributed by atoms with Crippen LogP contribution in [0.5, 0.6) is 0 Å². The van der Waals surface area contributed by atoms with Gasteiger partial charge < -0.3 is 9.64 Å². The summed E-state index contributed by atoms with van der Waals surface area (Å²) in [5.41, 5.74) is 0.994. The average Bonchev–Trinajstić information content (AvgIpc) is 3.15. The number of hydrogen-bond donors (Lipinski definition) is 0. The Labute approximate surface area is 153 Å². The van der Waals surface area contributed by atoms with Crippen LogP contribution in [0, 0.1) is 0 Å². The molecule has 27 heavy (non-hydrogen) atoms. The summed E-state index contributed by atoms with van der Waals surface area (Å²) < 4.78 is 46.1. The van der Waals surface area contributed by atoms with Gasteiger partial charge in [-0.25, -0.2) is 4.52 Å². The van der Waals surface area contributed by atoms with Crippen LogP contribution in [0.2, 0.25) is 0 Å². The SMILES string of the molecule is O=C(c1cc(-c2cccc(C(F)(F)F)c2)c2cccn2n1)N1CCOCC1. The van der Waals surface area contributed by atoms with Crippen molar-refractivity contribution in [3.63, 3.8) is 0 Å². The predicted molar refractivity (Wildman–Crippen MR) is 92.4 cm³/mol. The van der Waals surface area contributed by atoms with Crippen molar-refractivity contribution in [2.24, 2.45) is 0 Å². The Morgan fingerprint density at radius 3 is 2.59 bits per heavy atom. The smallest absolute Gasteiger partial charge is 0.378 e. The third kappa shape index (κ3) is 3.40. The van der Waals surface area contributed by atoms with Crippen molar-refractivity contribution in [2.75, 3.05) is 26.3 Å². The van der Waals surface area contributed by atoms with E-state index in [-0.39, 0.29) is 11.6 Å². The zero-order valence-electron chi connectivity index (χ0n) is 14.2.